The highest BCUT2D eigenvalue weighted by molar-refractivity contribution is 7.49. The summed E-state index contributed by atoms with van der Waals surface area (Å²) >= 11 is 0. The van der Waals surface area contributed by atoms with Crippen molar-refractivity contribution in [1.82, 2.24) is 4.98 Å². The van der Waals surface area contributed by atoms with E-state index in [1.165, 1.54) is 0 Å². The summed E-state index contributed by atoms with van der Waals surface area (Å²) in [6.07, 6.45) is -3.03. The fourth-order valence-corrected chi connectivity index (χ4v) is 15.4. The number of fused-ring (bicyclic) bond motifs is 2. The highest BCUT2D eigenvalue weighted by atomic mass is 31.2. The second-order valence-electron chi connectivity index (χ2n) is 21.3. The van der Waals surface area contributed by atoms with Gasteiger partial charge in [-0.15, -0.1) is 0 Å². The van der Waals surface area contributed by atoms with Gasteiger partial charge in [-0.25, -0.2) is 4.98 Å². The normalized spacial score (nSPS) is 23.4. The standard InChI is InChI=1S/C67H61N3O8P2/c1-62(2)71-58-59(72-62)65(50-34-17-7-18-35-50,51-36-19-8-20-37-51)76-79(75-64(58,48-30-13-5-14-31-48)49-32-15-6-16-33-49)69-56-46-29-47-57(68-56)70-80-77-66(52-38-21-9-22-39-52,53-40-23-10-24-41-53)60-61(74-63(3,4)73-60)67(78-80,54-42-25-11-26-43-54)55-44-27-12-28-45-55/h5-47,58-61H,1-4H3,(H2,68,69,70)/t58-,59-,60-,61-/m1/s1. The van der Waals surface area contributed by atoms with Crippen LogP contribution in [0.1, 0.15) is 72.2 Å². The molecule has 0 radical (unpaired) electrons. The molecule has 4 aliphatic heterocycles. The SMILES string of the molecule is CC1(C)O[C@@H]2[C@@H](O1)C(c1ccccc1)(c1ccccc1)OP(Nc1cccc(NP3OC(c4ccccc4)(c4ccccc4)[C@@H]4OC(C)(C)O[C@H]4C(c4ccccc4)(c4ccccc4)O3)n1)OC2(c1ccccc1)c1ccccc1. The van der Waals surface area contributed by atoms with Crippen LogP contribution in [-0.2, 0) is 59.4 Å². The molecule has 80 heavy (non-hydrogen) atoms. The van der Waals surface area contributed by atoms with Gasteiger partial charge in [0, 0.05) is 0 Å². The smallest absolute Gasteiger partial charge is 0.291 e. The molecule has 0 aliphatic carbocycles. The molecule has 13 rings (SSSR count). The Bertz CT molecular complexity index is 2930. The Morgan fingerprint density at radius 3 is 0.650 bits per heavy atom. The summed E-state index contributed by atoms with van der Waals surface area (Å²) < 4.78 is 60.2. The number of rotatable bonds is 12. The Morgan fingerprint density at radius 1 is 0.275 bits per heavy atom. The lowest BCUT2D eigenvalue weighted by molar-refractivity contribution is -0.174. The molecule has 4 saturated heterocycles. The Kier molecular flexibility index (Phi) is 13.9. The number of nitrogens with one attached hydrogen (secondary N) is 2. The highest BCUT2D eigenvalue weighted by Crippen LogP contribution is 2.66. The van der Waals surface area contributed by atoms with Crippen molar-refractivity contribution in [1.29, 1.82) is 0 Å². The molecular formula is C67H61N3O8P2. The number of pyridine rings is 1. The number of benzene rings is 8. The van der Waals surface area contributed by atoms with Crippen LogP contribution in [-0.4, -0.2) is 41.0 Å². The first kappa shape index (κ1) is 52.4. The van der Waals surface area contributed by atoms with Crippen LogP contribution < -0.4 is 10.2 Å². The molecule has 0 bridgehead atoms. The van der Waals surface area contributed by atoms with E-state index in [2.05, 4.69) is 107 Å². The number of hydrogen-bond acceptors (Lipinski definition) is 11. The van der Waals surface area contributed by atoms with Crippen molar-refractivity contribution in [2.24, 2.45) is 0 Å². The van der Waals surface area contributed by atoms with Crippen molar-refractivity contribution in [2.75, 3.05) is 10.2 Å². The molecule has 4 fully saturated rings. The monoisotopic (exact) mass is 1100 g/mol. The number of ether oxygens (including phenoxy) is 4. The zero-order chi connectivity index (χ0) is 54.4. The first-order valence-electron chi connectivity index (χ1n) is 27.1. The van der Waals surface area contributed by atoms with Crippen molar-refractivity contribution in [3.8, 4) is 0 Å². The fourth-order valence-electron chi connectivity index (χ4n) is 12.2. The number of anilines is 2. The molecule has 2 N–H and O–H groups in total. The Balaban J connectivity index is 0.971. The topological polar surface area (TPSA) is 111 Å². The maximum atomic E-state index is 7.79. The molecule has 402 valence electrons. The molecule has 11 nitrogen and oxygen atoms in total. The molecule has 5 heterocycles. The van der Waals surface area contributed by atoms with E-state index >= 15 is 0 Å². The fraction of sp³-hybridized carbons (Fsp3) is 0.209. The quantitative estimate of drug-likeness (QED) is 0.114. The van der Waals surface area contributed by atoms with E-state index in [1.54, 1.807) is 0 Å². The minimum atomic E-state index is -2.20. The van der Waals surface area contributed by atoms with Crippen molar-refractivity contribution in [3.63, 3.8) is 0 Å². The average molecular weight is 1100 g/mol. The van der Waals surface area contributed by atoms with E-state index in [9.17, 15) is 0 Å². The average Bonchev–Trinajstić information content (AvgIpc) is 4.04. The molecule has 0 spiro atoms. The summed E-state index contributed by atoms with van der Waals surface area (Å²) in [5.41, 5.74) is 1.78. The van der Waals surface area contributed by atoms with Gasteiger partial charge in [0.05, 0.1) is 0 Å². The lowest BCUT2D eigenvalue weighted by Gasteiger charge is -2.41. The zero-order valence-electron chi connectivity index (χ0n) is 44.7. The van der Waals surface area contributed by atoms with Crippen LogP contribution in [0.2, 0.25) is 0 Å². The Labute approximate surface area is 470 Å². The maximum Gasteiger partial charge on any atom is 0.291 e. The lowest BCUT2D eigenvalue weighted by Crippen LogP contribution is -2.53. The van der Waals surface area contributed by atoms with E-state index in [0.29, 0.717) is 11.6 Å². The van der Waals surface area contributed by atoms with Crippen LogP contribution in [0.15, 0.2) is 261 Å². The van der Waals surface area contributed by atoms with Gasteiger partial charge < -0.3 is 29.1 Å². The second-order valence-corrected chi connectivity index (χ2v) is 23.5. The van der Waals surface area contributed by atoms with Gasteiger partial charge in [0.25, 0.3) is 17.1 Å². The molecular weight excluding hydrogens is 1040 g/mol. The largest absolute Gasteiger partial charge is 0.341 e. The second kappa shape index (κ2) is 21.2. The van der Waals surface area contributed by atoms with Crippen LogP contribution in [0, 0.1) is 0 Å². The van der Waals surface area contributed by atoms with Crippen molar-refractivity contribution in [2.45, 2.75) is 86.1 Å². The Hall–Kier alpha value is -6.95. The first-order valence-corrected chi connectivity index (χ1v) is 29.4. The maximum absolute atomic E-state index is 7.79. The molecule has 4 atom stereocenters. The molecule has 9 aromatic rings. The third-order valence-corrected chi connectivity index (χ3v) is 18.1. The lowest BCUT2D eigenvalue weighted by atomic mass is 9.72. The molecule has 1 aromatic heterocycles. The van der Waals surface area contributed by atoms with Gasteiger partial charge in [0.1, 0.15) is 36.1 Å². The minimum Gasteiger partial charge on any atom is -0.341 e. The summed E-state index contributed by atoms with van der Waals surface area (Å²) in [7, 11) is -4.39. The number of hydrogen-bond donors (Lipinski definition) is 2. The van der Waals surface area contributed by atoms with Crippen molar-refractivity contribution < 1.29 is 37.0 Å². The number of nitrogens with zero attached hydrogens (tertiary/aromatic N) is 1. The van der Waals surface area contributed by atoms with E-state index in [0.717, 1.165) is 44.5 Å². The van der Waals surface area contributed by atoms with Crippen molar-refractivity contribution in [3.05, 3.63) is 305 Å². The van der Waals surface area contributed by atoms with Crippen LogP contribution in [0.4, 0.5) is 11.6 Å². The molecule has 4 aliphatic rings. The first-order chi connectivity index (χ1) is 39.0. The molecule has 0 saturated carbocycles. The Morgan fingerprint density at radius 2 is 0.463 bits per heavy atom. The minimum absolute atomic E-state index is 0.463. The predicted molar refractivity (Wildman–Crippen MR) is 312 cm³/mol. The highest BCUT2D eigenvalue weighted by Gasteiger charge is 2.69. The van der Waals surface area contributed by atoms with Crippen LogP contribution in [0.5, 0.6) is 0 Å². The van der Waals surface area contributed by atoms with Crippen LogP contribution in [0.25, 0.3) is 0 Å². The van der Waals surface area contributed by atoms with Gasteiger partial charge in [0.15, 0.2) is 34.0 Å². The van der Waals surface area contributed by atoms with E-state index in [-0.39, 0.29) is 0 Å². The van der Waals surface area contributed by atoms with E-state index in [1.807, 2.05) is 191 Å². The van der Waals surface area contributed by atoms with E-state index in [4.69, 9.17) is 42.0 Å². The molecule has 8 aromatic carbocycles. The summed E-state index contributed by atoms with van der Waals surface area (Å²) in [6.45, 7) is 7.82. The third-order valence-electron chi connectivity index (χ3n) is 15.5. The summed E-state index contributed by atoms with van der Waals surface area (Å²) in [6, 6.07) is 87.6. The summed E-state index contributed by atoms with van der Waals surface area (Å²) in [5, 5.41) is 7.46. The van der Waals surface area contributed by atoms with Gasteiger partial charge >= 0.3 is 0 Å². The molecule has 0 unspecified atom stereocenters. The van der Waals surface area contributed by atoms with Gasteiger partial charge in [-0.3, -0.25) is 18.1 Å². The predicted octanol–water partition coefficient (Wildman–Crippen LogP) is 15.3. The zero-order valence-corrected chi connectivity index (χ0v) is 46.5. The van der Waals surface area contributed by atoms with Gasteiger partial charge in [-0.2, -0.15) is 0 Å². The number of aromatic nitrogens is 1. The van der Waals surface area contributed by atoms with E-state index < -0.39 is 75.4 Å². The van der Waals surface area contributed by atoms with Gasteiger partial charge in [0.2, 0.25) is 0 Å². The summed E-state index contributed by atoms with van der Waals surface area (Å²) in [5.74, 6) is -1.17. The van der Waals surface area contributed by atoms with Crippen LogP contribution in [0.3, 0.4) is 0 Å². The summed E-state index contributed by atoms with van der Waals surface area (Å²) in [4.78, 5) is 5.35. The molecule has 13 heteroatoms. The van der Waals surface area contributed by atoms with Crippen LogP contribution >= 0.6 is 17.1 Å². The van der Waals surface area contributed by atoms with Crippen molar-refractivity contribution >= 4 is 28.7 Å². The third kappa shape index (κ3) is 9.16. The van der Waals surface area contributed by atoms with Gasteiger partial charge in [-0.1, -0.05) is 249 Å². The van der Waals surface area contributed by atoms with Gasteiger partial charge in [-0.05, 0) is 84.3 Å². The molecule has 0 amide bonds.